The van der Waals surface area contributed by atoms with E-state index in [2.05, 4.69) is 15.5 Å². The van der Waals surface area contributed by atoms with Crippen LogP contribution in [0.4, 0.5) is 0 Å². The molecule has 30 heavy (non-hydrogen) atoms. The molecule has 1 aromatic heterocycles. The number of nitrogens with zero attached hydrogens (tertiary/aromatic N) is 3. The second-order valence-corrected chi connectivity index (χ2v) is 10.7. The molecule has 1 fully saturated rings. The monoisotopic (exact) mass is 436 g/mol. The van der Waals surface area contributed by atoms with Crippen LogP contribution < -0.4 is 5.32 Å². The first-order chi connectivity index (χ1) is 13.9. The van der Waals surface area contributed by atoms with E-state index in [-0.39, 0.29) is 15.9 Å². The van der Waals surface area contributed by atoms with Crippen LogP contribution in [-0.2, 0) is 25.7 Å². The van der Waals surface area contributed by atoms with Gasteiger partial charge in [0.15, 0.2) is 5.82 Å². The maximum atomic E-state index is 12.9. The number of rotatable bonds is 5. The van der Waals surface area contributed by atoms with Gasteiger partial charge < -0.3 is 14.6 Å². The van der Waals surface area contributed by atoms with Gasteiger partial charge in [0, 0.05) is 24.1 Å². The predicted molar refractivity (Wildman–Crippen MR) is 110 cm³/mol. The van der Waals surface area contributed by atoms with Crippen molar-refractivity contribution in [2.24, 2.45) is 0 Å². The van der Waals surface area contributed by atoms with Gasteiger partial charge in [0.25, 0.3) is 5.91 Å². The molecular formula is C20H28N4O5S. The number of benzene rings is 1. The van der Waals surface area contributed by atoms with Crippen molar-refractivity contribution in [3.8, 4) is 0 Å². The molecule has 164 valence electrons. The number of aromatic nitrogens is 2. The first-order valence-corrected chi connectivity index (χ1v) is 11.2. The lowest BCUT2D eigenvalue weighted by atomic mass is 9.97. The smallest absolute Gasteiger partial charge is 0.252 e. The molecule has 1 N–H and O–H groups in total. The van der Waals surface area contributed by atoms with Gasteiger partial charge in [-0.3, -0.25) is 4.79 Å². The third kappa shape index (κ3) is 4.71. The average molecular weight is 437 g/mol. The van der Waals surface area contributed by atoms with E-state index in [1.54, 1.807) is 26.0 Å². The van der Waals surface area contributed by atoms with Gasteiger partial charge in [-0.2, -0.15) is 9.29 Å². The molecule has 1 aromatic carbocycles. The Labute approximate surface area is 176 Å². The standard InChI is InChI=1S/C20H28N4O5S/c1-19(2,3)18-21-17(23-29-18)20(4,5)22-16(25)14-7-6-8-15(13-14)30(26,27)24-9-11-28-12-10-24/h6-8,13H,9-12H2,1-5H3,(H,22,25). The predicted octanol–water partition coefficient (Wildman–Crippen LogP) is 2.05. The van der Waals surface area contributed by atoms with Crippen LogP contribution in [0.15, 0.2) is 33.7 Å². The summed E-state index contributed by atoms with van der Waals surface area (Å²) in [5, 5.41) is 6.86. The fraction of sp³-hybridized carbons (Fsp3) is 0.550. The van der Waals surface area contributed by atoms with Crippen molar-refractivity contribution in [2.45, 2.75) is 50.5 Å². The lowest BCUT2D eigenvalue weighted by Crippen LogP contribution is -2.42. The van der Waals surface area contributed by atoms with Crippen LogP contribution in [0.3, 0.4) is 0 Å². The Kier molecular flexibility index (Phi) is 6.03. The average Bonchev–Trinajstić information content (AvgIpc) is 3.20. The zero-order chi connectivity index (χ0) is 22.2. The zero-order valence-corrected chi connectivity index (χ0v) is 18.7. The minimum atomic E-state index is -3.69. The van der Waals surface area contributed by atoms with Crippen LogP contribution in [0.2, 0.25) is 0 Å². The van der Waals surface area contributed by atoms with E-state index >= 15 is 0 Å². The zero-order valence-electron chi connectivity index (χ0n) is 17.9. The number of sulfonamides is 1. The highest BCUT2D eigenvalue weighted by Gasteiger charge is 2.32. The Bertz CT molecular complexity index is 1020. The topological polar surface area (TPSA) is 115 Å². The maximum absolute atomic E-state index is 12.9. The van der Waals surface area contributed by atoms with Crippen LogP contribution in [0, 0.1) is 0 Å². The van der Waals surface area contributed by atoms with E-state index in [1.807, 2.05) is 20.8 Å². The van der Waals surface area contributed by atoms with Gasteiger partial charge in [0.2, 0.25) is 15.9 Å². The van der Waals surface area contributed by atoms with Gasteiger partial charge in [-0.1, -0.05) is 32.0 Å². The molecule has 0 aliphatic carbocycles. The van der Waals surface area contributed by atoms with Gasteiger partial charge in [0.05, 0.1) is 23.6 Å². The van der Waals surface area contributed by atoms with Crippen molar-refractivity contribution in [2.75, 3.05) is 26.3 Å². The molecule has 0 spiro atoms. The fourth-order valence-electron chi connectivity index (χ4n) is 2.93. The number of hydrogen-bond acceptors (Lipinski definition) is 7. The summed E-state index contributed by atoms with van der Waals surface area (Å²) in [7, 11) is -3.69. The summed E-state index contributed by atoms with van der Waals surface area (Å²) in [5.41, 5.74) is -0.992. The molecule has 0 atom stereocenters. The Morgan fingerprint density at radius 2 is 1.80 bits per heavy atom. The Hall–Kier alpha value is -2.30. The third-order valence-electron chi connectivity index (χ3n) is 4.76. The summed E-state index contributed by atoms with van der Waals surface area (Å²) < 4.78 is 37.7. The van der Waals surface area contributed by atoms with Crippen LogP contribution in [-0.4, -0.2) is 55.1 Å². The summed E-state index contributed by atoms with van der Waals surface area (Å²) in [4.78, 5) is 17.4. The van der Waals surface area contributed by atoms with E-state index in [0.29, 0.717) is 38.0 Å². The second-order valence-electron chi connectivity index (χ2n) is 8.80. The van der Waals surface area contributed by atoms with Gasteiger partial charge in [0.1, 0.15) is 0 Å². The molecule has 9 nitrogen and oxygen atoms in total. The number of hydrogen-bond donors (Lipinski definition) is 1. The van der Waals surface area contributed by atoms with Crippen molar-refractivity contribution in [1.82, 2.24) is 19.8 Å². The van der Waals surface area contributed by atoms with Crippen molar-refractivity contribution in [3.63, 3.8) is 0 Å². The molecule has 0 unspecified atom stereocenters. The minimum absolute atomic E-state index is 0.0736. The van der Waals surface area contributed by atoms with Crippen LogP contribution in [0.5, 0.6) is 0 Å². The highest BCUT2D eigenvalue weighted by atomic mass is 32.2. The summed E-state index contributed by atoms with van der Waals surface area (Å²) >= 11 is 0. The van der Waals surface area contributed by atoms with Gasteiger partial charge in [-0.05, 0) is 32.0 Å². The maximum Gasteiger partial charge on any atom is 0.252 e. The summed E-state index contributed by atoms with van der Waals surface area (Å²) in [5.74, 6) is 0.387. The van der Waals surface area contributed by atoms with Crippen LogP contribution in [0.1, 0.15) is 56.7 Å². The van der Waals surface area contributed by atoms with Gasteiger partial charge in [-0.15, -0.1) is 0 Å². The van der Waals surface area contributed by atoms with Crippen LogP contribution in [0.25, 0.3) is 0 Å². The van der Waals surface area contributed by atoms with E-state index in [9.17, 15) is 13.2 Å². The number of carbonyl (C=O) groups is 1. The van der Waals surface area contributed by atoms with Crippen molar-refractivity contribution in [3.05, 3.63) is 41.5 Å². The van der Waals surface area contributed by atoms with Crippen LogP contribution >= 0.6 is 0 Å². The molecule has 1 aliphatic heterocycles. The molecule has 2 aromatic rings. The quantitative estimate of drug-likeness (QED) is 0.763. The van der Waals surface area contributed by atoms with Gasteiger partial charge >= 0.3 is 0 Å². The third-order valence-corrected chi connectivity index (χ3v) is 6.65. The number of carbonyl (C=O) groups excluding carboxylic acids is 1. The second kappa shape index (κ2) is 8.09. The molecule has 2 heterocycles. The number of ether oxygens (including phenoxy) is 1. The number of amides is 1. The number of morpholine rings is 1. The Morgan fingerprint density at radius 1 is 1.13 bits per heavy atom. The Morgan fingerprint density at radius 3 is 2.40 bits per heavy atom. The molecule has 0 radical (unpaired) electrons. The van der Waals surface area contributed by atoms with Crippen molar-refractivity contribution in [1.29, 1.82) is 0 Å². The number of nitrogens with one attached hydrogen (secondary N) is 1. The summed E-state index contributed by atoms with van der Waals surface area (Å²) in [6, 6.07) is 6.00. The van der Waals surface area contributed by atoms with Crippen molar-refractivity contribution >= 4 is 15.9 Å². The van der Waals surface area contributed by atoms with E-state index < -0.39 is 21.5 Å². The van der Waals surface area contributed by atoms with E-state index in [4.69, 9.17) is 9.26 Å². The normalized spacial score (nSPS) is 16.4. The Balaban J connectivity index is 1.80. The minimum Gasteiger partial charge on any atom is -0.379 e. The highest BCUT2D eigenvalue weighted by Crippen LogP contribution is 2.25. The highest BCUT2D eigenvalue weighted by molar-refractivity contribution is 7.89. The largest absolute Gasteiger partial charge is 0.379 e. The molecule has 3 rings (SSSR count). The lowest BCUT2D eigenvalue weighted by molar-refractivity contribution is 0.0730. The van der Waals surface area contributed by atoms with Gasteiger partial charge in [-0.25, -0.2) is 8.42 Å². The molecule has 1 aliphatic rings. The van der Waals surface area contributed by atoms with E-state index in [1.165, 1.54) is 16.4 Å². The summed E-state index contributed by atoms with van der Waals surface area (Å²) in [6.45, 7) is 10.7. The molecular weight excluding hydrogens is 408 g/mol. The lowest BCUT2D eigenvalue weighted by Gasteiger charge is -2.26. The summed E-state index contributed by atoms with van der Waals surface area (Å²) in [6.07, 6.45) is 0. The molecule has 1 amide bonds. The van der Waals surface area contributed by atoms with E-state index in [0.717, 1.165) is 0 Å². The van der Waals surface area contributed by atoms with Crippen molar-refractivity contribution < 1.29 is 22.5 Å². The first-order valence-electron chi connectivity index (χ1n) is 9.76. The first kappa shape index (κ1) is 22.4. The molecule has 0 saturated carbocycles. The molecule has 10 heteroatoms. The molecule has 1 saturated heterocycles. The molecule has 0 bridgehead atoms. The SMILES string of the molecule is CC(C)(C)c1nc(C(C)(C)NC(=O)c2cccc(S(=O)(=O)N3CCOCC3)c2)no1. The fourth-order valence-corrected chi connectivity index (χ4v) is 4.38.